The van der Waals surface area contributed by atoms with E-state index in [4.69, 9.17) is 21.1 Å². The first-order valence-electron chi connectivity index (χ1n) is 5.08. The molecular formula is C11H8ClN3O4. The van der Waals surface area contributed by atoms with Gasteiger partial charge < -0.3 is 9.47 Å². The molecule has 1 aromatic carbocycles. The van der Waals surface area contributed by atoms with E-state index < -0.39 is 10.6 Å². The molecule has 0 saturated carbocycles. The Morgan fingerprint density at radius 2 is 2.05 bits per heavy atom. The Kier molecular flexibility index (Phi) is 3.76. The molecule has 7 nitrogen and oxygen atoms in total. The van der Waals surface area contributed by atoms with Crippen molar-refractivity contribution in [1.29, 1.82) is 0 Å². The number of rotatable bonds is 4. The first kappa shape index (κ1) is 13.0. The van der Waals surface area contributed by atoms with Crippen molar-refractivity contribution >= 4 is 17.3 Å². The predicted molar refractivity (Wildman–Crippen MR) is 66.8 cm³/mol. The smallest absolute Gasteiger partial charge is 0.368 e. The van der Waals surface area contributed by atoms with Gasteiger partial charge in [-0.2, -0.15) is 4.98 Å². The first-order valence-corrected chi connectivity index (χ1v) is 5.46. The Morgan fingerprint density at radius 1 is 1.32 bits per heavy atom. The maximum Gasteiger partial charge on any atom is 0.368 e. The molecule has 8 heteroatoms. The van der Waals surface area contributed by atoms with Gasteiger partial charge in [-0.05, 0) is 12.1 Å². The van der Waals surface area contributed by atoms with Gasteiger partial charge in [-0.15, -0.1) is 0 Å². The maximum absolute atomic E-state index is 10.9. The number of hydrogen-bond donors (Lipinski definition) is 0. The second kappa shape index (κ2) is 5.49. The lowest BCUT2D eigenvalue weighted by atomic mass is 10.3. The van der Waals surface area contributed by atoms with Crippen molar-refractivity contribution in [3.8, 4) is 17.4 Å². The highest BCUT2D eigenvalue weighted by Gasteiger charge is 2.23. The van der Waals surface area contributed by atoms with Crippen LogP contribution in [0, 0.1) is 10.1 Å². The number of hydrogen-bond acceptors (Lipinski definition) is 6. The van der Waals surface area contributed by atoms with Crippen LogP contribution in [0.4, 0.5) is 5.69 Å². The lowest BCUT2D eigenvalue weighted by Gasteiger charge is -2.06. The van der Waals surface area contributed by atoms with Gasteiger partial charge in [-0.1, -0.05) is 17.7 Å². The number of halogens is 1. The average Bonchev–Trinajstić information content (AvgIpc) is 2.38. The van der Waals surface area contributed by atoms with E-state index in [0.717, 1.165) is 6.33 Å². The molecule has 2 aromatic rings. The third-order valence-electron chi connectivity index (χ3n) is 2.18. The zero-order valence-electron chi connectivity index (χ0n) is 9.74. The number of benzene rings is 1. The third-order valence-corrected chi connectivity index (χ3v) is 2.46. The molecular weight excluding hydrogens is 274 g/mol. The molecule has 0 spiro atoms. The SMILES string of the molecule is COc1cccc(Oc2ncnc(Cl)c2[N+](=O)[O-])c1. The molecule has 98 valence electrons. The van der Waals surface area contributed by atoms with E-state index in [-0.39, 0.29) is 11.0 Å². The standard InChI is InChI=1S/C11H8ClN3O4/c1-18-7-3-2-4-8(5-7)19-11-9(15(16)17)10(12)13-6-14-11/h2-6H,1H3. The summed E-state index contributed by atoms with van der Waals surface area (Å²) in [6, 6.07) is 6.58. The van der Waals surface area contributed by atoms with E-state index in [0.29, 0.717) is 11.5 Å². The van der Waals surface area contributed by atoms with Crippen LogP contribution in [0.25, 0.3) is 0 Å². The van der Waals surface area contributed by atoms with Gasteiger partial charge in [0.15, 0.2) is 0 Å². The van der Waals surface area contributed by atoms with Crippen molar-refractivity contribution in [2.75, 3.05) is 7.11 Å². The fraction of sp³-hybridized carbons (Fsp3) is 0.0909. The summed E-state index contributed by atoms with van der Waals surface area (Å²) in [6.07, 6.45) is 1.09. The highest BCUT2D eigenvalue weighted by atomic mass is 35.5. The predicted octanol–water partition coefficient (Wildman–Crippen LogP) is 2.84. The van der Waals surface area contributed by atoms with E-state index in [1.807, 2.05) is 0 Å². The maximum atomic E-state index is 10.9. The molecule has 1 aromatic heterocycles. The minimum Gasteiger partial charge on any atom is -0.497 e. The van der Waals surface area contributed by atoms with Crippen LogP contribution >= 0.6 is 11.6 Å². The van der Waals surface area contributed by atoms with E-state index >= 15 is 0 Å². The normalized spacial score (nSPS) is 10.0. The van der Waals surface area contributed by atoms with E-state index in [9.17, 15) is 10.1 Å². The number of nitrogens with zero attached hydrogens (tertiary/aromatic N) is 3. The molecule has 19 heavy (non-hydrogen) atoms. The van der Waals surface area contributed by atoms with Crippen molar-refractivity contribution in [3.63, 3.8) is 0 Å². The van der Waals surface area contributed by atoms with Crippen molar-refractivity contribution in [3.05, 3.63) is 45.9 Å². The summed E-state index contributed by atoms with van der Waals surface area (Å²) >= 11 is 5.65. The summed E-state index contributed by atoms with van der Waals surface area (Å²) in [7, 11) is 1.50. The van der Waals surface area contributed by atoms with Crippen LogP contribution in [0.15, 0.2) is 30.6 Å². The van der Waals surface area contributed by atoms with Crippen molar-refractivity contribution in [2.24, 2.45) is 0 Å². The van der Waals surface area contributed by atoms with Crippen LogP contribution in [-0.4, -0.2) is 22.0 Å². The molecule has 0 bridgehead atoms. The Balaban J connectivity index is 2.38. The molecule has 0 amide bonds. The average molecular weight is 282 g/mol. The molecule has 0 aliphatic heterocycles. The quantitative estimate of drug-likeness (QED) is 0.486. The highest BCUT2D eigenvalue weighted by molar-refractivity contribution is 6.31. The van der Waals surface area contributed by atoms with Crippen LogP contribution in [-0.2, 0) is 0 Å². The first-order chi connectivity index (χ1) is 9.11. The van der Waals surface area contributed by atoms with Crippen LogP contribution in [0.5, 0.6) is 17.4 Å². The fourth-order valence-corrected chi connectivity index (χ4v) is 1.54. The van der Waals surface area contributed by atoms with Gasteiger partial charge >= 0.3 is 11.6 Å². The van der Waals surface area contributed by atoms with Gasteiger partial charge in [0.05, 0.1) is 12.0 Å². The fourth-order valence-electron chi connectivity index (χ4n) is 1.35. The van der Waals surface area contributed by atoms with Gasteiger partial charge in [0.1, 0.15) is 17.8 Å². The molecule has 0 aliphatic rings. The number of ether oxygens (including phenoxy) is 2. The summed E-state index contributed by atoms with van der Waals surface area (Å²) in [5, 5.41) is 10.6. The van der Waals surface area contributed by atoms with Crippen LogP contribution in [0.1, 0.15) is 0 Å². The zero-order valence-corrected chi connectivity index (χ0v) is 10.5. The second-order valence-corrected chi connectivity index (χ2v) is 3.71. The van der Waals surface area contributed by atoms with Gasteiger partial charge in [-0.25, -0.2) is 4.98 Å². The summed E-state index contributed by atoms with van der Waals surface area (Å²) in [5.74, 6) is 0.677. The molecule has 0 unspecified atom stereocenters. The van der Waals surface area contributed by atoms with Crippen LogP contribution < -0.4 is 9.47 Å². The summed E-state index contributed by atoms with van der Waals surface area (Å²) < 4.78 is 10.4. The molecule has 1 heterocycles. The third kappa shape index (κ3) is 2.89. The largest absolute Gasteiger partial charge is 0.497 e. The van der Waals surface area contributed by atoms with Gasteiger partial charge in [-0.3, -0.25) is 10.1 Å². The Hall–Kier alpha value is -2.41. The molecule has 0 fully saturated rings. The minimum atomic E-state index is -0.697. The Bertz CT molecular complexity index is 621. The van der Waals surface area contributed by atoms with Crippen LogP contribution in [0.3, 0.4) is 0 Å². The van der Waals surface area contributed by atoms with E-state index in [2.05, 4.69) is 9.97 Å². The van der Waals surface area contributed by atoms with Crippen molar-refractivity contribution in [2.45, 2.75) is 0 Å². The van der Waals surface area contributed by atoms with E-state index in [1.54, 1.807) is 24.3 Å². The summed E-state index contributed by atoms with van der Waals surface area (Å²) in [4.78, 5) is 17.5. The number of aromatic nitrogens is 2. The monoisotopic (exact) mass is 281 g/mol. The minimum absolute atomic E-state index is 0.224. The van der Waals surface area contributed by atoms with E-state index in [1.165, 1.54) is 7.11 Å². The number of methoxy groups -OCH3 is 1. The van der Waals surface area contributed by atoms with Gasteiger partial charge in [0.25, 0.3) is 0 Å². The summed E-state index contributed by atoms with van der Waals surface area (Å²) in [5.41, 5.74) is -0.480. The van der Waals surface area contributed by atoms with Crippen molar-refractivity contribution in [1.82, 2.24) is 9.97 Å². The Labute approximate surface area is 112 Å². The number of nitro groups is 1. The topological polar surface area (TPSA) is 87.4 Å². The molecule has 2 rings (SSSR count). The zero-order chi connectivity index (χ0) is 13.8. The van der Waals surface area contributed by atoms with Gasteiger partial charge in [0.2, 0.25) is 5.15 Å². The molecule has 0 N–H and O–H groups in total. The lowest BCUT2D eigenvalue weighted by Crippen LogP contribution is -1.98. The summed E-state index contributed by atoms with van der Waals surface area (Å²) in [6.45, 7) is 0. The van der Waals surface area contributed by atoms with Crippen molar-refractivity contribution < 1.29 is 14.4 Å². The molecule has 0 atom stereocenters. The molecule has 0 saturated heterocycles. The van der Waals surface area contributed by atoms with Gasteiger partial charge in [0, 0.05) is 6.07 Å². The Morgan fingerprint density at radius 3 is 2.74 bits per heavy atom. The second-order valence-electron chi connectivity index (χ2n) is 3.36. The molecule has 0 radical (unpaired) electrons. The highest BCUT2D eigenvalue weighted by Crippen LogP contribution is 2.34. The lowest BCUT2D eigenvalue weighted by molar-refractivity contribution is -0.386. The molecule has 0 aliphatic carbocycles. The van der Waals surface area contributed by atoms with Crippen LogP contribution in [0.2, 0.25) is 5.15 Å².